The molecule has 1 saturated heterocycles. The third-order valence-corrected chi connectivity index (χ3v) is 6.63. The number of aromatic nitrogens is 5. The average Bonchev–Trinajstić information content (AvgIpc) is 3.30. The van der Waals surface area contributed by atoms with Crippen LogP contribution >= 0.6 is 0 Å². The van der Waals surface area contributed by atoms with Crippen molar-refractivity contribution < 1.29 is 13.2 Å². The van der Waals surface area contributed by atoms with Gasteiger partial charge in [0.2, 0.25) is 15.0 Å². The monoisotopic (exact) mass is 414 g/mol. The number of likely N-dealkylation sites (tertiary alicyclic amines) is 1. The maximum atomic E-state index is 13.1. The molecule has 0 aromatic carbocycles. The maximum Gasteiger partial charge on any atom is 0.274 e. The van der Waals surface area contributed by atoms with Crippen molar-refractivity contribution in [2.75, 3.05) is 19.3 Å². The molecule has 2 fully saturated rings. The van der Waals surface area contributed by atoms with Gasteiger partial charge in [0.05, 0.1) is 5.52 Å². The molecule has 1 aliphatic heterocycles. The smallest absolute Gasteiger partial charge is 0.274 e. The van der Waals surface area contributed by atoms with Crippen LogP contribution in [-0.2, 0) is 9.84 Å². The van der Waals surface area contributed by atoms with Gasteiger partial charge in [0.25, 0.3) is 5.91 Å². The molecule has 1 amide bonds. The highest BCUT2D eigenvalue weighted by Crippen LogP contribution is 2.38. The molecule has 10 heteroatoms. The van der Waals surface area contributed by atoms with E-state index in [1.54, 1.807) is 29.3 Å². The van der Waals surface area contributed by atoms with Crippen LogP contribution in [-0.4, -0.2) is 63.1 Å². The van der Waals surface area contributed by atoms with E-state index in [0.717, 1.165) is 30.7 Å². The zero-order chi connectivity index (χ0) is 20.2. The minimum absolute atomic E-state index is 0.111. The molecule has 1 saturated carbocycles. The van der Waals surface area contributed by atoms with Crippen LogP contribution in [0.3, 0.4) is 0 Å². The fourth-order valence-corrected chi connectivity index (χ4v) is 4.70. The molecule has 0 unspecified atom stereocenters. The summed E-state index contributed by atoms with van der Waals surface area (Å²) in [5.41, 5.74) is 0.685. The first-order valence-electron chi connectivity index (χ1n) is 9.80. The summed E-state index contributed by atoms with van der Waals surface area (Å²) in [6, 6.07) is 5.21. The molecule has 1 aliphatic carbocycles. The van der Waals surface area contributed by atoms with Crippen molar-refractivity contribution in [3.63, 3.8) is 0 Å². The van der Waals surface area contributed by atoms with E-state index in [1.807, 2.05) is 0 Å². The van der Waals surface area contributed by atoms with Crippen molar-refractivity contribution in [1.82, 2.24) is 29.5 Å². The van der Waals surface area contributed by atoms with Gasteiger partial charge in [-0.15, -0.1) is 0 Å². The zero-order valence-electron chi connectivity index (χ0n) is 16.1. The Labute approximate surface area is 168 Å². The molecule has 29 heavy (non-hydrogen) atoms. The second kappa shape index (κ2) is 6.65. The number of sulfone groups is 1. The van der Waals surface area contributed by atoms with Crippen molar-refractivity contribution in [3.05, 3.63) is 41.7 Å². The second-order valence-electron chi connectivity index (χ2n) is 7.89. The largest absolute Gasteiger partial charge is 0.337 e. The number of carbonyl (C=O) groups excluding carboxylic acids is 1. The lowest BCUT2D eigenvalue weighted by Gasteiger charge is -2.30. The topological polar surface area (TPSA) is 113 Å². The number of piperidine rings is 1. The first kappa shape index (κ1) is 18.3. The predicted octanol–water partition coefficient (Wildman–Crippen LogP) is 1.75. The number of amides is 1. The fourth-order valence-electron chi connectivity index (χ4n) is 3.93. The Balaban J connectivity index is 1.35. The van der Waals surface area contributed by atoms with Gasteiger partial charge in [-0.25, -0.2) is 18.4 Å². The fraction of sp³-hybridized carbons (Fsp3) is 0.474. The number of pyridine rings is 1. The summed E-state index contributed by atoms with van der Waals surface area (Å²) in [6.45, 7) is 1.14. The van der Waals surface area contributed by atoms with Gasteiger partial charge in [-0.05, 0) is 37.8 Å². The molecule has 2 aliphatic rings. The Bertz CT molecular complexity index is 1190. The molecule has 9 nitrogen and oxygen atoms in total. The van der Waals surface area contributed by atoms with Crippen LogP contribution in [0.4, 0.5) is 0 Å². The third-order valence-electron chi connectivity index (χ3n) is 5.68. The summed E-state index contributed by atoms with van der Waals surface area (Å²) < 4.78 is 25.6. The highest BCUT2D eigenvalue weighted by Gasteiger charge is 2.32. The minimum Gasteiger partial charge on any atom is -0.337 e. The molecule has 3 aromatic heterocycles. The van der Waals surface area contributed by atoms with E-state index < -0.39 is 9.84 Å². The summed E-state index contributed by atoms with van der Waals surface area (Å²) in [6.07, 6.45) is 6.62. The van der Waals surface area contributed by atoms with Gasteiger partial charge in [0.15, 0.2) is 11.5 Å². The number of H-pyrrole nitrogens is 1. The summed E-state index contributed by atoms with van der Waals surface area (Å²) >= 11 is 0. The number of fused-ring (bicyclic) bond motifs is 1. The highest BCUT2D eigenvalue weighted by atomic mass is 32.2. The standard InChI is InChI=1S/C19H22N6O3S/c1-29(27,28)19-20-15(14-4-2-3-9-25(14)19)18(26)24-10-7-13(8-11-24)17-21-16(22-23-17)12-5-6-12/h2-4,9,12-13H,5-8,10-11H2,1H3,(H,21,22,23). The van der Waals surface area contributed by atoms with Crippen molar-refractivity contribution in [1.29, 1.82) is 0 Å². The molecule has 0 radical (unpaired) electrons. The van der Waals surface area contributed by atoms with E-state index >= 15 is 0 Å². The number of imidazole rings is 1. The first-order chi connectivity index (χ1) is 13.9. The van der Waals surface area contributed by atoms with E-state index in [9.17, 15) is 13.2 Å². The molecule has 152 valence electrons. The van der Waals surface area contributed by atoms with E-state index in [2.05, 4.69) is 20.2 Å². The number of hydrogen-bond donors (Lipinski definition) is 1. The normalized spacial score (nSPS) is 18.4. The molecule has 0 spiro atoms. The first-order valence-corrected chi connectivity index (χ1v) is 11.7. The van der Waals surface area contributed by atoms with Crippen molar-refractivity contribution in [2.45, 2.75) is 42.7 Å². The van der Waals surface area contributed by atoms with E-state index in [0.29, 0.717) is 24.5 Å². The van der Waals surface area contributed by atoms with E-state index in [-0.39, 0.29) is 22.7 Å². The summed E-state index contributed by atoms with van der Waals surface area (Å²) in [7, 11) is -3.56. The number of nitrogens with one attached hydrogen (secondary N) is 1. The molecule has 4 heterocycles. The van der Waals surface area contributed by atoms with Crippen LogP contribution in [0, 0.1) is 0 Å². The quantitative estimate of drug-likeness (QED) is 0.696. The van der Waals surface area contributed by atoms with Gasteiger partial charge in [-0.3, -0.25) is 14.3 Å². The van der Waals surface area contributed by atoms with Crippen LogP contribution in [0.5, 0.6) is 0 Å². The lowest BCUT2D eigenvalue weighted by atomic mass is 9.96. The molecular formula is C19H22N6O3S. The van der Waals surface area contributed by atoms with Crippen molar-refractivity contribution in [2.24, 2.45) is 0 Å². The summed E-state index contributed by atoms with van der Waals surface area (Å²) in [5.74, 6) is 2.35. The van der Waals surface area contributed by atoms with Crippen molar-refractivity contribution in [3.8, 4) is 0 Å². The van der Waals surface area contributed by atoms with Gasteiger partial charge in [0.1, 0.15) is 5.82 Å². The summed E-state index contributed by atoms with van der Waals surface area (Å²) in [4.78, 5) is 23.7. The van der Waals surface area contributed by atoms with Crippen molar-refractivity contribution >= 4 is 21.3 Å². The Morgan fingerprint density at radius 2 is 1.86 bits per heavy atom. The number of nitrogens with zero attached hydrogens (tertiary/aromatic N) is 5. The predicted molar refractivity (Wildman–Crippen MR) is 105 cm³/mol. The van der Waals surface area contributed by atoms with E-state index in [1.165, 1.54) is 17.2 Å². The van der Waals surface area contributed by atoms with Crippen LogP contribution in [0.2, 0.25) is 0 Å². The Kier molecular flexibility index (Phi) is 4.19. The molecule has 1 N–H and O–H groups in total. The van der Waals surface area contributed by atoms with Crippen LogP contribution < -0.4 is 0 Å². The minimum atomic E-state index is -3.56. The molecule has 0 atom stereocenters. The van der Waals surface area contributed by atoms with E-state index in [4.69, 9.17) is 0 Å². The summed E-state index contributed by atoms with van der Waals surface area (Å²) in [5, 5.41) is 7.29. The number of hydrogen-bond acceptors (Lipinski definition) is 6. The van der Waals surface area contributed by atoms with Gasteiger partial charge in [-0.2, -0.15) is 5.10 Å². The Morgan fingerprint density at radius 3 is 2.55 bits per heavy atom. The van der Waals surface area contributed by atoms with Gasteiger partial charge in [0, 0.05) is 37.4 Å². The average molecular weight is 414 g/mol. The lowest BCUT2D eigenvalue weighted by Crippen LogP contribution is -2.38. The number of rotatable bonds is 4. The van der Waals surface area contributed by atoms with Gasteiger partial charge < -0.3 is 4.90 Å². The molecule has 3 aromatic rings. The second-order valence-corrected chi connectivity index (χ2v) is 9.80. The lowest BCUT2D eigenvalue weighted by molar-refractivity contribution is 0.0707. The molecule has 0 bridgehead atoms. The molecular weight excluding hydrogens is 392 g/mol. The van der Waals surface area contributed by atoms with Crippen LogP contribution in [0.25, 0.3) is 5.52 Å². The van der Waals surface area contributed by atoms with Crippen LogP contribution in [0.15, 0.2) is 29.6 Å². The highest BCUT2D eigenvalue weighted by molar-refractivity contribution is 7.90. The maximum absolute atomic E-state index is 13.1. The van der Waals surface area contributed by atoms with Gasteiger partial charge >= 0.3 is 0 Å². The molecule has 5 rings (SSSR count). The number of aromatic amines is 1. The SMILES string of the molecule is CS(=O)(=O)c1nc(C(=O)N2CCC(c3nc(C4CC4)n[nH]3)CC2)c2ccccn12. The Morgan fingerprint density at radius 1 is 1.10 bits per heavy atom. The van der Waals surface area contributed by atoms with Crippen LogP contribution in [0.1, 0.15) is 59.7 Å². The Hall–Kier alpha value is -2.75. The third kappa shape index (κ3) is 3.31. The van der Waals surface area contributed by atoms with Gasteiger partial charge in [-0.1, -0.05) is 6.07 Å². The zero-order valence-corrected chi connectivity index (χ0v) is 16.9. The number of carbonyl (C=O) groups is 1.